The van der Waals surface area contributed by atoms with E-state index >= 15 is 0 Å². The Balaban J connectivity index is 1.34. The van der Waals surface area contributed by atoms with Crippen molar-refractivity contribution in [1.29, 1.82) is 0 Å². The zero-order valence-corrected chi connectivity index (χ0v) is 18.0. The van der Waals surface area contributed by atoms with E-state index in [0.29, 0.717) is 17.3 Å². The van der Waals surface area contributed by atoms with E-state index in [0.717, 1.165) is 43.2 Å². The predicted molar refractivity (Wildman–Crippen MR) is 118 cm³/mol. The van der Waals surface area contributed by atoms with Gasteiger partial charge in [0.2, 0.25) is 0 Å². The molecule has 3 aromatic rings. The summed E-state index contributed by atoms with van der Waals surface area (Å²) in [6, 6.07) is 13.4. The summed E-state index contributed by atoms with van der Waals surface area (Å²) in [4.78, 5) is 19.4. The van der Waals surface area contributed by atoms with Crippen LogP contribution in [-0.4, -0.2) is 36.1 Å². The SMILES string of the molecule is CCOc1ccc(C(=O)Nc2nc(CN3CCc4cc(OC)ccc4C3)cs2)cc1. The predicted octanol–water partition coefficient (Wildman–Crippen LogP) is 4.36. The average Bonchev–Trinajstić information content (AvgIpc) is 3.20. The molecular weight excluding hydrogens is 398 g/mol. The van der Waals surface area contributed by atoms with Gasteiger partial charge in [-0.1, -0.05) is 6.07 Å². The maximum absolute atomic E-state index is 12.5. The van der Waals surface area contributed by atoms with Gasteiger partial charge in [-0.25, -0.2) is 4.98 Å². The summed E-state index contributed by atoms with van der Waals surface area (Å²) in [6.45, 7) is 5.17. The maximum atomic E-state index is 12.5. The first kappa shape index (κ1) is 20.4. The quantitative estimate of drug-likeness (QED) is 0.612. The smallest absolute Gasteiger partial charge is 0.257 e. The van der Waals surface area contributed by atoms with E-state index in [-0.39, 0.29) is 5.91 Å². The number of ether oxygens (including phenoxy) is 2. The summed E-state index contributed by atoms with van der Waals surface area (Å²) < 4.78 is 10.7. The van der Waals surface area contributed by atoms with Crippen LogP contribution < -0.4 is 14.8 Å². The Morgan fingerprint density at radius 1 is 1.17 bits per heavy atom. The number of amides is 1. The summed E-state index contributed by atoms with van der Waals surface area (Å²) in [6.07, 6.45) is 0.998. The van der Waals surface area contributed by atoms with E-state index in [1.807, 2.05) is 18.4 Å². The van der Waals surface area contributed by atoms with Crippen LogP contribution >= 0.6 is 11.3 Å². The highest BCUT2D eigenvalue weighted by atomic mass is 32.1. The normalized spacial score (nSPS) is 13.5. The lowest BCUT2D eigenvalue weighted by Crippen LogP contribution is -2.30. The van der Waals surface area contributed by atoms with E-state index in [4.69, 9.17) is 9.47 Å². The lowest BCUT2D eigenvalue weighted by molar-refractivity contribution is 0.102. The van der Waals surface area contributed by atoms with Crippen LogP contribution in [0.4, 0.5) is 5.13 Å². The van der Waals surface area contributed by atoms with E-state index in [1.54, 1.807) is 31.4 Å². The molecule has 0 saturated carbocycles. The Labute approximate surface area is 180 Å². The number of nitrogens with one attached hydrogen (secondary N) is 1. The molecule has 0 atom stereocenters. The molecule has 156 valence electrons. The van der Waals surface area contributed by atoms with Gasteiger partial charge in [0.05, 0.1) is 19.4 Å². The number of hydrogen-bond acceptors (Lipinski definition) is 6. The van der Waals surface area contributed by atoms with Gasteiger partial charge in [-0.2, -0.15) is 0 Å². The first-order chi connectivity index (χ1) is 14.6. The number of aromatic nitrogens is 1. The molecule has 0 unspecified atom stereocenters. The molecule has 0 fully saturated rings. The van der Waals surface area contributed by atoms with E-state index < -0.39 is 0 Å². The van der Waals surface area contributed by atoms with Crippen molar-refractivity contribution >= 4 is 22.4 Å². The fraction of sp³-hybridized carbons (Fsp3) is 0.304. The number of carbonyl (C=O) groups excluding carboxylic acids is 1. The Hall–Kier alpha value is -2.90. The lowest BCUT2D eigenvalue weighted by atomic mass is 9.99. The molecule has 0 aliphatic carbocycles. The Kier molecular flexibility index (Phi) is 6.30. The zero-order valence-electron chi connectivity index (χ0n) is 17.2. The van der Waals surface area contributed by atoms with Crippen molar-refractivity contribution in [3.63, 3.8) is 0 Å². The second kappa shape index (κ2) is 9.28. The largest absolute Gasteiger partial charge is 0.497 e. The zero-order chi connectivity index (χ0) is 20.9. The van der Waals surface area contributed by atoms with Gasteiger partial charge < -0.3 is 9.47 Å². The van der Waals surface area contributed by atoms with Gasteiger partial charge in [0.1, 0.15) is 11.5 Å². The van der Waals surface area contributed by atoms with Crippen molar-refractivity contribution in [2.24, 2.45) is 0 Å². The van der Waals surface area contributed by atoms with Gasteiger partial charge >= 0.3 is 0 Å². The van der Waals surface area contributed by atoms with Gasteiger partial charge in [-0.05, 0) is 60.9 Å². The number of thiazole rings is 1. The molecule has 4 rings (SSSR count). The van der Waals surface area contributed by atoms with Crippen molar-refractivity contribution in [3.05, 3.63) is 70.2 Å². The van der Waals surface area contributed by atoms with Crippen molar-refractivity contribution in [3.8, 4) is 11.5 Å². The highest BCUT2D eigenvalue weighted by molar-refractivity contribution is 7.13. The summed E-state index contributed by atoms with van der Waals surface area (Å²) in [7, 11) is 1.70. The van der Waals surface area contributed by atoms with Gasteiger partial charge in [0, 0.05) is 30.6 Å². The molecule has 0 radical (unpaired) electrons. The molecule has 0 saturated heterocycles. The standard InChI is InChI=1S/C23H25N3O3S/c1-3-29-20-7-4-16(5-8-20)22(27)25-23-24-19(15-30-23)14-26-11-10-17-12-21(28-2)9-6-18(17)13-26/h4-9,12,15H,3,10-11,13-14H2,1-2H3,(H,24,25,27). The van der Waals surface area contributed by atoms with E-state index in [2.05, 4.69) is 27.3 Å². The van der Waals surface area contributed by atoms with Gasteiger partial charge in [-0.3, -0.25) is 15.0 Å². The van der Waals surface area contributed by atoms with Crippen LogP contribution in [0.5, 0.6) is 11.5 Å². The monoisotopic (exact) mass is 423 g/mol. The molecule has 0 bridgehead atoms. The number of anilines is 1. The molecule has 2 heterocycles. The molecule has 2 aromatic carbocycles. The highest BCUT2D eigenvalue weighted by Crippen LogP contribution is 2.25. The first-order valence-electron chi connectivity index (χ1n) is 10.0. The number of fused-ring (bicyclic) bond motifs is 1. The Morgan fingerprint density at radius 3 is 2.73 bits per heavy atom. The summed E-state index contributed by atoms with van der Waals surface area (Å²) in [5.41, 5.74) is 4.24. The van der Waals surface area contributed by atoms with Crippen molar-refractivity contribution in [1.82, 2.24) is 9.88 Å². The third-order valence-electron chi connectivity index (χ3n) is 5.09. The van der Waals surface area contributed by atoms with E-state index in [1.165, 1.54) is 22.5 Å². The van der Waals surface area contributed by atoms with Crippen LogP contribution in [0.1, 0.15) is 34.1 Å². The fourth-order valence-electron chi connectivity index (χ4n) is 3.55. The third kappa shape index (κ3) is 4.80. The van der Waals surface area contributed by atoms with Crippen LogP contribution in [-0.2, 0) is 19.5 Å². The number of methoxy groups -OCH3 is 1. The second-order valence-corrected chi connectivity index (χ2v) is 8.01. The molecule has 30 heavy (non-hydrogen) atoms. The number of nitrogens with zero attached hydrogens (tertiary/aromatic N) is 2. The van der Waals surface area contributed by atoms with Crippen molar-refractivity contribution in [2.45, 2.75) is 26.4 Å². The minimum atomic E-state index is -0.167. The number of carbonyl (C=O) groups is 1. The molecule has 7 heteroatoms. The van der Waals surface area contributed by atoms with Gasteiger partial charge in [-0.15, -0.1) is 11.3 Å². The molecule has 1 N–H and O–H groups in total. The average molecular weight is 424 g/mol. The Bertz CT molecular complexity index is 1020. The minimum absolute atomic E-state index is 0.167. The molecule has 6 nitrogen and oxygen atoms in total. The summed E-state index contributed by atoms with van der Waals surface area (Å²) in [5.74, 6) is 1.50. The molecule has 1 aliphatic heterocycles. The summed E-state index contributed by atoms with van der Waals surface area (Å²) in [5, 5.41) is 5.52. The van der Waals surface area contributed by atoms with Gasteiger partial charge in [0.15, 0.2) is 5.13 Å². The van der Waals surface area contributed by atoms with Crippen LogP contribution in [0.25, 0.3) is 0 Å². The topological polar surface area (TPSA) is 63.7 Å². The number of rotatable bonds is 7. The third-order valence-corrected chi connectivity index (χ3v) is 5.90. The molecule has 0 spiro atoms. The van der Waals surface area contributed by atoms with Crippen LogP contribution in [0, 0.1) is 0 Å². The Morgan fingerprint density at radius 2 is 1.97 bits per heavy atom. The number of hydrogen-bond donors (Lipinski definition) is 1. The molecular formula is C23H25N3O3S. The summed E-state index contributed by atoms with van der Waals surface area (Å²) >= 11 is 1.45. The first-order valence-corrected chi connectivity index (χ1v) is 10.9. The van der Waals surface area contributed by atoms with Crippen LogP contribution in [0.2, 0.25) is 0 Å². The minimum Gasteiger partial charge on any atom is -0.497 e. The van der Waals surface area contributed by atoms with Crippen LogP contribution in [0.15, 0.2) is 47.8 Å². The second-order valence-electron chi connectivity index (χ2n) is 7.15. The van der Waals surface area contributed by atoms with Crippen LogP contribution in [0.3, 0.4) is 0 Å². The molecule has 1 aliphatic rings. The maximum Gasteiger partial charge on any atom is 0.257 e. The number of benzene rings is 2. The van der Waals surface area contributed by atoms with Crippen molar-refractivity contribution < 1.29 is 14.3 Å². The van der Waals surface area contributed by atoms with E-state index in [9.17, 15) is 4.79 Å². The molecule has 1 aromatic heterocycles. The molecule has 1 amide bonds. The van der Waals surface area contributed by atoms with Crippen molar-refractivity contribution in [2.75, 3.05) is 25.6 Å². The highest BCUT2D eigenvalue weighted by Gasteiger charge is 2.18. The fourth-order valence-corrected chi connectivity index (χ4v) is 4.25. The van der Waals surface area contributed by atoms with Gasteiger partial charge in [0.25, 0.3) is 5.91 Å². The lowest BCUT2D eigenvalue weighted by Gasteiger charge is -2.28.